The van der Waals surface area contributed by atoms with Crippen molar-refractivity contribution in [1.29, 1.82) is 0 Å². The summed E-state index contributed by atoms with van der Waals surface area (Å²) in [7, 11) is -3.48. The minimum atomic E-state index is -3.48. The Kier molecular flexibility index (Phi) is 11.4. The molecular weight excluding hydrogens is 626 g/mol. The summed E-state index contributed by atoms with van der Waals surface area (Å²) in [5, 5.41) is 9.89. The van der Waals surface area contributed by atoms with Crippen molar-refractivity contribution in [2.24, 2.45) is 5.92 Å². The number of amides is 3. The van der Waals surface area contributed by atoms with Gasteiger partial charge in [-0.1, -0.05) is 43.1 Å². The highest BCUT2D eigenvalue weighted by Crippen LogP contribution is 2.60. The van der Waals surface area contributed by atoms with Crippen LogP contribution in [0.4, 0.5) is 15.5 Å². The van der Waals surface area contributed by atoms with Crippen LogP contribution in [0.1, 0.15) is 97.5 Å². The standard InChI is InChI=1S/C38H56FN3O5Si/c1-26(2)13-11-14-27(3)19-22-42-32-18-17-29(40-20-10-8-7-9-16-34(40)44)23-31(32)38(37(42)46)28(4)36(48(5,6)39)33(47-38)24-35(45)41-21-12-15-30(41)25-43/h13,17-19,23,28,30,33,36,43H,7-12,14-16,20-22,24-25H2,1-6H3/b27-19+/t28-,30-,33+,36-,38+/m0/s1. The highest BCUT2D eigenvalue weighted by Gasteiger charge is 2.67. The van der Waals surface area contributed by atoms with Crippen LogP contribution in [-0.2, 0) is 24.7 Å². The van der Waals surface area contributed by atoms with Gasteiger partial charge in [0.05, 0.1) is 30.9 Å². The van der Waals surface area contributed by atoms with Crippen molar-refractivity contribution in [3.05, 3.63) is 47.1 Å². The number of ether oxygens (including phenoxy) is 1. The van der Waals surface area contributed by atoms with E-state index in [4.69, 9.17) is 4.74 Å². The minimum absolute atomic E-state index is 0.0378. The first-order valence-electron chi connectivity index (χ1n) is 18.1. The number of anilines is 2. The molecule has 3 amide bonds. The van der Waals surface area contributed by atoms with Gasteiger partial charge in [0.2, 0.25) is 20.2 Å². The number of halogens is 1. The Morgan fingerprint density at radius 3 is 2.54 bits per heavy atom. The summed E-state index contributed by atoms with van der Waals surface area (Å²) >= 11 is 0. The molecule has 3 fully saturated rings. The van der Waals surface area contributed by atoms with E-state index in [9.17, 15) is 19.5 Å². The lowest BCUT2D eigenvalue weighted by molar-refractivity contribution is -0.149. The van der Waals surface area contributed by atoms with Gasteiger partial charge < -0.3 is 28.7 Å². The molecule has 0 aliphatic carbocycles. The zero-order valence-electron chi connectivity index (χ0n) is 29.9. The molecule has 5 rings (SSSR count). The first-order chi connectivity index (χ1) is 22.8. The molecule has 264 valence electrons. The van der Waals surface area contributed by atoms with Crippen molar-refractivity contribution >= 4 is 37.5 Å². The second-order valence-electron chi connectivity index (χ2n) is 15.2. The quantitative estimate of drug-likeness (QED) is 0.161. The van der Waals surface area contributed by atoms with Gasteiger partial charge in [-0.05, 0) is 90.6 Å². The van der Waals surface area contributed by atoms with E-state index in [1.807, 2.05) is 30.0 Å². The van der Waals surface area contributed by atoms with Crippen LogP contribution in [-0.4, -0.2) is 74.5 Å². The van der Waals surface area contributed by atoms with Gasteiger partial charge in [0.25, 0.3) is 5.91 Å². The van der Waals surface area contributed by atoms with Crippen LogP contribution in [0.25, 0.3) is 0 Å². The van der Waals surface area contributed by atoms with E-state index in [2.05, 4.69) is 32.9 Å². The highest BCUT2D eigenvalue weighted by molar-refractivity contribution is 6.72. The third kappa shape index (κ3) is 7.21. The van der Waals surface area contributed by atoms with E-state index < -0.39 is 31.6 Å². The summed E-state index contributed by atoms with van der Waals surface area (Å²) < 4.78 is 23.3. The molecule has 8 nitrogen and oxygen atoms in total. The van der Waals surface area contributed by atoms with Gasteiger partial charge in [-0.25, -0.2) is 0 Å². The highest BCUT2D eigenvalue weighted by atomic mass is 28.4. The molecule has 3 saturated heterocycles. The fourth-order valence-electron chi connectivity index (χ4n) is 8.60. The number of rotatable bonds is 10. The fourth-order valence-corrected chi connectivity index (χ4v) is 11.1. The van der Waals surface area contributed by atoms with Gasteiger partial charge >= 0.3 is 0 Å². The number of nitrogens with zero attached hydrogens (tertiary/aromatic N) is 3. The van der Waals surface area contributed by atoms with Crippen LogP contribution in [0.2, 0.25) is 18.6 Å². The number of fused-ring (bicyclic) bond motifs is 2. The summed E-state index contributed by atoms with van der Waals surface area (Å²) in [6.45, 7) is 12.9. The molecule has 4 aliphatic heterocycles. The number of aliphatic hydroxyl groups is 1. The molecular formula is C38H56FN3O5Si. The molecule has 4 aliphatic rings. The summed E-state index contributed by atoms with van der Waals surface area (Å²) in [4.78, 5) is 47.2. The van der Waals surface area contributed by atoms with Gasteiger partial charge in [0.15, 0.2) is 5.60 Å². The molecule has 1 aromatic carbocycles. The van der Waals surface area contributed by atoms with Gasteiger partial charge in [-0.3, -0.25) is 14.4 Å². The summed E-state index contributed by atoms with van der Waals surface area (Å²) in [6.07, 6.45) is 11.2. The molecule has 0 saturated carbocycles. The molecule has 4 heterocycles. The predicted molar refractivity (Wildman–Crippen MR) is 191 cm³/mol. The van der Waals surface area contributed by atoms with Crippen molar-refractivity contribution < 1.29 is 28.3 Å². The number of allylic oxidation sites excluding steroid dienone is 3. The van der Waals surface area contributed by atoms with Gasteiger partial charge in [0, 0.05) is 48.8 Å². The molecule has 48 heavy (non-hydrogen) atoms. The average Bonchev–Trinajstić information content (AvgIpc) is 3.67. The lowest BCUT2D eigenvalue weighted by Gasteiger charge is -2.32. The normalized spacial score (nSPS) is 28.2. The average molecular weight is 682 g/mol. The minimum Gasteiger partial charge on any atom is -0.394 e. The van der Waals surface area contributed by atoms with Crippen molar-refractivity contribution in [3.8, 4) is 0 Å². The van der Waals surface area contributed by atoms with Crippen molar-refractivity contribution in [3.63, 3.8) is 0 Å². The first kappa shape index (κ1) is 36.5. The predicted octanol–water partition coefficient (Wildman–Crippen LogP) is 7.17. The number of benzene rings is 1. The third-order valence-corrected chi connectivity index (χ3v) is 13.5. The van der Waals surface area contributed by atoms with E-state index in [0.29, 0.717) is 37.3 Å². The maximum atomic E-state index is 16.4. The molecule has 5 atom stereocenters. The van der Waals surface area contributed by atoms with Crippen LogP contribution < -0.4 is 9.80 Å². The Hall–Kier alpha value is -2.82. The topological polar surface area (TPSA) is 90.4 Å². The molecule has 0 aromatic heterocycles. The van der Waals surface area contributed by atoms with Crippen molar-refractivity contribution in [2.45, 2.75) is 128 Å². The fraction of sp³-hybridized carbons (Fsp3) is 0.658. The van der Waals surface area contributed by atoms with Gasteiger partial charge in [0.1, 0.15) is 0 Å². The zero-order chi connectivity index (χ0) is 34.8. The molecule has 1 N–H and O–H groups in total. The molecule has 0 bridgehead atoms. The second kappa shape index (κ2) is 15.0. The lowest BCUT2D eigenvalue weighted by Crippen LogP contribution is -2.45. The Bertz CT molecular complexity index is 1440. The van der Waals surface area contributed by atoms with Crippen LogP contribution in [0.5, 0.6) is 0 Å². The SMILES string of the molecule is CC(C)=CCC/C(C)=C/CN1C(=O)[C@]2(O[C@H](CC(=O)N3CCC[C@H]3CO)[C@@H]([Si](C)(C)F)[C@@H]2C)c2cc(N3CCCCCCC3=O)ccc21. The maximum Gasteiger partial charge on any atom is 0.264 e. The van der Waals surface area contributed by atoms with Crippen LogP contribution >= 0.6 is 0 Å². The number of carbonyl (C=O) groups excluding carboxylic acids is 3. The molecule has 10 heteroatoms. The van der Waals surface area contributed by atoms with E-state index in [-0.39, 0.29) is 36.8 Å². The molecule has 1 aromatic rings. The van der Waals surface area contributed by atoms with E-state index in [1.54, 1.807) is 22.9 Å². The second-order valence-corrected chi connectivity index (χ2v) is 19.0. The van der Waals surface area contributed by atoms with Crippen molar-refractivity contribution in [2.75, 3.05) is 36.0 Å². The lowest BCUT2D eigenvalue weighted by atomic mass is 9.82. The van der Waals surface area contributed by atoms with E-state index in [0.717, 1.165) is 57.1 Å². The number of hydrogen-bond donors (Lipinski definition) is 1. The summed E-state index contributed by atoms with van der Waals surface area (Å²) in [5.41, 5.74) is 2.47. The first-order valence-corrected chi connectivity index (χ1v) is 21.1. The van der Waals surface area contributed by atoms with E-state index in [1.165, 1.54) is 11.1 Å². The maximum absolute atomic E-state index is 16.4. The Morgan fingerprint density at radius 1 is 1.08 bits per heavy atom. The molecule has 1 spiro atoms. The van der Waals surface area contributed by atoms with Gasteiger partial charge in [-0.2, -0.15) is 0 Å². The van der Waals surface area contributed by atoms with E-state index >= 15 is 4.11 Å². The Balaban J connectivity index is 1.55. The summed E-state index contributed by atoms with van der Waals surface area (Å²) in [5.74, 6) is -0.863. The largest absolute Gasteiger partial charge is 0.394 e. The zero-order valence-corrected chi connectivity index (χ0v) is 30.9. The van der Waals surface area contributed by atoms with Crippen LogP contribution in [0.3, 0.4) is 0 Å². The van der Waals surface area contributed by atoms with Crippen LogP contribution in [0, 0.1) is 5.92 Å². The Labute approximate surface area is 287 Å². The molecule has 0 unspecified atom stereocenters. The smallest absolute Gasteiger partial charge is 0.264 e. The monoisotopic (exact) mass is 681 g/mol. The number of hydrogen-bond acceptors (Lipinski definition) is 5. The summed E-state index contributed by atoms with van der Waals surface area (Å²) in [6, 6.07) is 5.55. The van der Waals surface area contributed by atoms with Crippen molar-refractivity contribution in [1.82, 2.24) is 4.90 Å². The Morgan fingerprint density at radius 2 is 1.83 bits per heavy atom. The molecule has 0 radical (unpaired) electrons. The third-order valence-electron chi connectivity index (χ3n) is 11.1. The number of carbonyl (C=O) groups is 3. The van der Waals surface area contributed by atoms with Crippen LogP contribution in [0.15, 0.2) is 41.5 Å². The van der Waals surface area contributed by atoms with Gasteiger partial charge in [-0.15, -0.1) is 0 Å². The number of likely N-dealkylation sites (tertiary alicyclic amines) is 1. The number of aliphatic hydroxyl groups excluding tert-OH is 1.